The van der Waals surface area contributed by atoms with Crippen LogP contribution in [0, 0.1) is 0 Å². The van der Waals surface area contributed by atoms with Crippen molar-refractivity contribution in [3.63, 3.8) is 0 Å². The van der Waals surface area contributed by atoms with E-state index in [2.05, 4.69) is 19.6 Å². The van der Waals surface area contributed by atoms with E-state index in [4.69, 9.17) is 9.47 Å². The highest BCUT2D eigenvalue weighted by molar-refractivity contribution is 6.76. The lowest BCUT2D eigenvalue weighted by molar-refractivity contribution is -0.0625. The predicted octanol–water partition coefficient (Wildman–Crippen LogP) is 4.09. The van der Waals surface area contributed by atoms with Gasteiger partial charge in [-0.2, -0.15) is 0 Å². The highest BCUT2D eigenvalue weighted by Gasteiger charge is 2.45. The van der Waals surface area contributed by atoms with E-state index in [9.17, 15) is 4.79 Å². The summed E-state index contributed by atoms with van der Waals surface area (Å²) in [5.74, 6) is 0. The van der Waals surface area contributed by atoms with Gasteiger partial charge in [0.2, 0.25) is 0 Å². The molecule has 118 valence electrons. The predicted molar refractivity (Wildman–Crippen MR) is 84.7 cm³/mol. The second kappa shape index (κ2) is 5.68. The standard InChI is InChI=1S/C15H31NO3Si/c1-14(2,3)19-13(17)16-12(9-10-20(6,7)8)11-18-15(16,4)5/h12H,9-11H2,1-8H3/t12-/m1/s1. The average Bonchev–Trinajstić information content (AvgIpc) is 2.46. The first-order chi connectivity index (χ1) is 8.82. The molecule has 0 saturated carbocycles. The van der Waals surface area contributed by atoms with Crippen molar-refractivity contribution < 1.29 is 14.3 Å². The summed E-state index contributed by atoms with van der Waals surface area (Å²) in [7, 11) is -1.12. The van der Waals surface area contributed by atoms with E-state index >= 15 is 0 Å². The van der Waals surface area contributed by atoms with Gasteiger partial charge in [0, 0.05) is 8.07 Å². The van der Waals surface area contributed by atoms with Crippen molar-refractivity contribution in [3.8, 4) is 0 Å². The number of ether oxygens (including phenoxy) is 2. The summed E-state index contributed by atoms with van der Waals surface area (Å²) in [6, 6.07) is 1.32. The molecule has 1 aliphatic heterocycles. The van der Waals surface area contributed by atoms with Crippen LogP contribution in [0.15, 0.2) is 0 Å². The first-order valence-electron chi connectivity index (χ1n) is 7.48. The van der Waals surface area contributed by atoms with Gasteiger partial charge < -0.3 is 9.47 Å². The minimum atomic E-state index is -1.12. The van der Waals surface area contributed by atoms with E-state index in [-0.39, 0.29) is 12.1 Å². The Balaban J connectivity index is 2.78. The van der Waals surface area contributed by atoms with Gasteiger partial charge in [0.25, 0.3) is 0 Å². The number of hydrogen-bond acceptors (Lipinski definition) is 3. The van der Waals surface area contributed by atoms with E-state index in [1.165, 1.54) is 6.04 Å². The second-order valence-corrected chi connectivity index (χ2v) is 14.0. The van der Waals surface area contributed by atoms with Crippen LogP contribution in [0.5, 0.6) is 0 Å². The number of nitrogens with zero attached hydrogens (tertiary/aromatic N) is 1. The molecule has 4 nitrogen and oxygen atoms in total. The molecule has 5 heteroatoms. The van der Waals surface area contributed by atoms with E-state index in [0.717, 1.165) is 6.42 Å². The Morgan fingerprint density at radius 2 is 1.90 bits per heavy atom. The maximum Gasteiger partial charge on any atom is 0.412 e. The quantitative estimate of drug-likeness (QED) is 0.737. The van der Waals surface area contributed by atoms with Crippen molar-refractivity contribution in [1.82, 2.24) is 4.90 Å². The molecule has 0 aromatic heterocycles. The van der Waals surface area contributed by atoms with Gasteiger partial charge >= 0.3 is 6.09 Å². The Morgan fingerprint density at radius 1 is 1.35 bits per heavy atom. The van der Waals surface area contributed by atoms with Crippen LogP contribution < -0.4 is 0 Å². The summed E-state index contributed by atoms with van der Waals surface area (Å²) >= 11 is 0. The molecule has 0 aliphatic carbocycles. The smallest absolute Gasteiger partial charge is 0.412 e. The Kier molecular flexibility index (Phi) is 4.97. The molecular formula is C15H31NO3Si. The van der Waals surface area contributed by atoms with Crippen molar-refractivity contribution in [2.75, 3.05) is 6.61 Å². The minimum Gasteiger partial charge on any atom is -0.444 e. The Labute approximate surface area is 124 Å². The summed E-state index contributed by atoms with van der Waals surface area (Å²) in [6.07, 6.45) is 0.735. The van der Waals surface area contributed by atoms with Crippen LogP contribution in [-0.4, -0.2) is 43.0 Å². The largest absolute Gasteiger partial charge is 0.444 e. The van der Waals surface area contributed by atoms with Crippen LogP contribution in [0.3, 0.4) is 0 Å². The van der Waals surface area contributed by atoms with Crippen molar-refractivity contribution in [1.29, 1.82) is 0 Å². The molecule has 0 unspecified atom stereocenters. The van der Waals surface area contributed by atoms with Crippen molar-refractivity contribution in [3.05, 3.63) is 0 Å². The molecule has 20 heavy (non-hydrogen) atoms. The van der Waals surface area contributed by atoms with Crippen molar-refractivity contribution in [2.45, 2.75) is 84.1 Å². The number of carbonyl (C=O) groups is 1. The van der Waals surface area contributed by atoms with E-state index in [1.54, 1.807) is 4.90 Å². The van der Waals surface area contributed by atoms with Gasteiger partial charge in [-0.05, 0) is 41.0 Å². The number of rotatable bonds is 3. The maximum absolute atomic E-state index is 12.4. The lowest BCUT2D eigenvalue weighted by Crippen LogP contribution is -2.50. The molecule has 0 bridgehead atoms. The van der Waals surface area contributed by atoms with E-state index < -0.39 is 19.4 Å². The Morgan fingerprint density at radius 3 is 2.35 bits per heavy atom. The average molecular weight is 302 g/mol. The zero-order valence-electron chi connectivity index (χ0n) is 14.4. The normalized spacial score (nSPS) is 23.0. The molecule has 1 heterocycles. The molecule has 0 aromatic rings. The number of hydrogen-bond donors (Lipinski definition) is 0. The van der Waals surface area contributed by atoms with Crippen LogP contribution in [0.2, 0.25) is 25.7 Å². The number of carbonyl (C=O) groups excluding carboxylic acids is 1. The van der Waals surface area contributed by atoms with Gasteiger partial charge in [-0.25, -0.2) is 4.79 Å². The summed E-state index contributed by atoms with van der Waals surface area (Å²) in [5.41, 5.74) is -1.05. The summed E-state index contributed by atoms with van der Waals surface area (Å²) < 4.78 is 11.3. The molecule has 0 N–H and O–H groups in total. The molecule has 1 aliphatic rings. The molecule has 1 fully saturated rings. The fourth-order valence-electron chi connectivity index (χ4n) is 2.38. The summed E-state index contributed by atoms with van der Waals surface area (Å²) in [6.45, 7) is 17.2. The van der Waals surface area contributed by atoms with Gasteiger partial charge in [-0.1, -0.05) is 25.7 Å². The van der Waals surface area contributed by atoms with E-state index in [1.807, 2.05) is 34.6 Å². The van der Waals surface area contributed by atoms with Crippen LogP contribution in [0.4, 0.5) is 4.79 Å². The molecule has 1 rings (SSSR count). The first kappa shape index (κ1) is 17.5. The molecule has 0 aromatic carbocycles. The van der Waals surface area contributed by atoms with Gasteiger partial charge in [-0.3, -0.25) is 4.90 Å². The highest BCUT2D eigenvalue weighted by atomic mass is 28.3. The van der Waals surface area contributed by atoms with Crippen LogP contribution in [0.1, 0.15) is 41.0 Å². The fourth-order valence-corrected chi connectivity index (χ4v) is 3.58. The molecule has 0 radical (unpaired) electrons. The zero-order valence-corrected chi connectivity index (χ0v) is 15.4. The van der Waals surface area contributed by atoms with Gasteiger partial charge in [0.05, 0.1) is 12.6 Å². The van der Waals surface area contributed by atoms with Crippen molar-refractivity contribution >= 4 is 14.2 Å². The Hall–Kier alpha value is -0.553. The van der Waals surface area contributed by atoms with Crippen LogP contribution in [-0.2, 0) is 9.47 Å². The molecule has 1 saturated heterocycles. The molecule has 0 spiro atoms. The lowest BCUT2D eigenvalue weighted by atomic mass is 10.1. The zero-order chi connectivity index (χ0) is 15.8. The van der Waals surface area contributed by atoms with Crippen LogP contribution >= 0.6 is 0 Å². The first-order valence-corrected chi connectivity index (χ1v) is 11.2. The lowest BCUT2D eigenvalue weighted by Gasteiger charge is -2.35. The summed E-state index contributed by atoms with van der Waals surface area (Å²) in [5, 5.41) is 0. The third-order valence-corrected chi connectivity index (χ3v) is 5.18. The van der Waals surface area contributed by atoms with Gasteiger partial charge in [0.1, 0.15) is 11.3 Å². The van der Waals surface area contributed by atoms with Crippen molar-refractivity contribution in [2.24, 2.45) is 0 Å². The fraction of sp³-hybridized carbons (Fsp3) is 0.933. The number of amides is 1. The van der Waals surface area contributed by atoms with Crippen LogP contribution in [0.25, 0.3) is 0 Å². The maximum atomic E-state index is 12.4. The second-order valence-electron chi connectivity index (χ2n) is 8.36. The Bertz CT molecular complexity index is 355. The third-order valence-electron chi connectivity index (χ3n) is 3.39. The topological polar surface area (TPSA) is 38.8 Å². The van der Waals surface area contributed by atoms with Gasteiger partial charge in [0.15, 0.2) is 0 Å². The van der Waals surface area contributed by atoms with E-state index in [0.29, 0.717) is 6.61 Å². The summed E-state index contributed by atoms with van der Waals surface area (Å²) in [4.78, 5) is 14.2. The third kappa shape index (κ3) is 5.09. The minimum absolute atomic E-state index is 0.131. The molecule has 1 atom stereocenters. The van der Waals surface area contributed by atoms with Gasteiger partial charge in [-0.15, -0.1) is 0 Å². The molecule has 1 amide bonds. The monoisotopic (exact) mass is 301 g/mol. The SMILES string of the molecule is CC(C)(C)OC(=O)N1[C@H](CC[Si](C)(C)C)COC1(C)C. The molecular weight excluding hydrogens is 270 g/mol. The highest BCUT2D eigenvalue weighted by Crippen LogP contribution is 2.32.